The summed E-state index contributed by atoms with van der Waals surface area (Å²) in [4.78, 5) is 0. The van der Waals surface area contributed by atoms with Crippen LogP contribution in [0, 0.1) is 0 Å². The lowest BCUT2D eigenvalue weighted by molar-refractivity contribution is -0.0373. The Morgan fingerprint density at radius 2 is 0.870 bits per heavy atom. The van der Waals surface area contributed by atoms with Crippen LogP contribution in [-0.4, -0.2) is 52.9 Å². The SMILES string of the molecule is CCCCCCCCc1ccc(OCCOCCOCCOCCOC(c2ccccc2)(c2ccccc2)c2ccccc2)cc1. The molecule has 0 fully saturated rings. The van der Waals surface area contributed by atoms with Crippen molar-refractivity contribution in [1.29, 1.82) is 0 Å². The number of hydrogen-bond donors (Lipinski definition) is 0. The van der Waals surface area contributed by atoms with Crippen molar-refractivity contribution in [2.75, 3.05) is 52.9 Å². The van der Waals surface area contributed by atoms with Gasteiger partial charge >= 0.3 is 0 Å². The Morgan fingerprint density at radius 3 is 1.37 bits per heavy atom. The quantitative estimate of drug-likeness (QED) is 0.0575. The normalized spacial score (nSPS) is 11.5. The van der Waals surface area contributed by atoms with E-state index in [2.05, 4.69) is 104 Å². The Kier molecular flexibility index (Phi) is 16.4. The fourth-order valence-corrected chi connectivity index (χ4v) is 5.64. The number of rotatable bonds is 24. The van der Waals surface area contributed by atoms with Crippen LogP contribution in [0.25, 0.3) is 0 Å². The fourth-order valence-electron chi connectivity index (χ4n) is 5.64. The summed E-state index contributed by atoms with van der Waals surface area (Å²) in [6, 6.07) is 39.6. The molecule has 0 N–H and O–H groups in total. The van der Waals surface area contributed by atoms with Crippen LogP contribution < -0.4 is 4.74 Å². The minimum absolute atomic E-state index is 0.434. The Hall–Kier alpha value is -3.48. The average molecular weight is 625 g/mol. The topological polar surface area (TPSA) is 46.2 Å². The average Bonchev–Trinajstić information content (AvgIpc) is 3.12. The molecular weight excluding hydrogens is 572 g/mol. The maximum absolute atomic E-state index is 6.74. The molecule has 4 aromatic rings. The molecule has 0 saturated heterocycles. The van der Waals surface area contributed by atoms with E-state index in [9.17, 15) is 0 Å². The molecule has 0 aliphatic carbocycles. The van der Waals surface area contributed by atoms with Crippen molar-refractivity contribution in [2.24, 2.45) is 0 Å². The van der Waals surface area contributed by atoms with Crippen LogP contribution in [0.1, 0.15) is 67.7 Å². The first-order valence-electron chi connectivity index (χ1n) is 17.1. The zero-order chi connectivity index (χ0) is 32.0. The Balaban J connectivity index is 1.07. The standard InChI is InChI=1S/C41H52O5/c1-2-3-4-5-6-10-17-36-24-26-40(27-25-36)45-34-32-43-30-28-42-29-31-44-33-35-46-41(37-18-11-7-12-19-37,38-20-13-8-14-21-38)39-22-15-9-16-23-39/h7-9,11-16,18-27H,2-6,10,17,28-35H2,1H3. The second kappa shape index (κ2) is 21.3. The van der Waals surface area contributed by atoms with Crippen LogP contribution in [0.5, 0.6) is 5.75 Å². The predicted octanol–water partition coefficient (Wildman–Crippen LogP) is 9.03. The molecule has 0 atom stereocenters. The van der Waals surface area contributed by atoms with Gasteiger partial charge in [-0.2, -0.15) is 0 Å². The molecule has 0 radical (unpaired) electrons. The van der Waals surface area contributed by atoms with Gasteiger partial charge in [-0.25, -0.2) is 0 Å². The first-order valence-corrected chi connectivity index (χ1v) is 17.1. The van der Waals surface area contributed by atoms with E-state index in [1.54, 1.807) is 0 Å². The summed E-state index contributed by atoms with van der Waals surface area (Å²) >= 11 is 0. The predicted molar refractivity (Wildman–Crippen MR) is 187 cm³/mol. The van der Waals surface area contributed by atoms with Crippen LogP contribution >= 0.6 is 0 Å². The smallest absolute Gasteiger partial charge is 0.143 e. The third-order valence-corrected chi connectivity index (χ3v) is 8.07. The number of benzene rings is 4. The van der Waals surface area contributed by atoms with Gasteiger partial charge in [-0.15, -0.1) is 0 Å². The molecule has 0 saturated carbocycles. The zero-order valence-corrected chi connectivity index (χ0v) is 27.6. The molecular formula is C41H52O5. The van der Waals surface area contributed by atoms with Crippen LogP contribution in [0.2, 0.25) is 0 Å². The maximum Gasteiger partial charge on any atom is 0.143 e. The molecule has 0 bridgehead atoms. The number of unbranched alkanes of at least 4 members (excludes halogenated alkanes) is 5. The minimum atomic E-state index is -0.735. The summed E-state index contributed by atoms with van der Waals surface area (Å²) in [7, 11) is 0. The van der Waals surface area contributed by atoms with Gasteiger partial charge in [-0.05, 0) is 47.2 Å². The third-order valence-electron chi connectivity index (χ3n) is 8.07. The number of aryl methyl sites for hydroxylation is 1. The van der Waals surface area contributed by atoms with Crippen molar-refractivity contribution >= 4 is 0 Å². The monoisotopic (exact) mass is 624 g/mol. The molecule has 5 nitrogen and oxygen atoms in total. The molecule has 0 aromatic heterocycles. The lowest BCUT2D eigenvalue weighted by Crippen LogP contribution is -2.34. The van der Waals surface area contributed by atoms with Crippen LogP contribution in [0.3, 0.4) is 0 Å². The van der Waals surface area contributed by atoms with E-state index in [-0.39, 0.29) is 0 Å². The van der Waals surface area contributed by atoms with Crippen molar-refractivity contribution in [1.82, 2.24) is 0 Å². The molecule has 0 aliphatic rings. The molecule has 46 heavy (non-hydrogen) atoms. The Morgan fingerprint density at radius 1 is 0.435 bits per heavy atom. The number of ether oxygens (including phenoxy) is 5. The summed E-state index contributed by atoms with van der Waals surface area (Å²) in [6.45, 7) is 6.26. The van der Waals surface area contributed by atoms with Gasteiger partial charge in [0, 0.05) is 0 Å². The van der Waals surface area contributed by atoms with Gasteiger partial charge < -0.3 is 23.7 Å². The van der Waals surface area contributed by atoms with E-state index in [0.717, 1.165) is 28.9 Å². The summed E-state index contributed by atoms with van der Waals surface area (Å²) in [5.74, 6) is 0.890. The largest absolute Gasteiger partial charge is 0.491 e. The van der Waals surface area contributed by atoms with Crippen molar-refractivity contribution in [3.8, 4) is 5.75 Å². The van der Waals surface area contributed by atoms with Crippen molar-refractivity contribution < 1.29 is 23.7 Å². The first-order chi connectivity index (χ1) is 22.8. The highest BCUT2D eigenvalue weighted by Gasteiger charge is 2.37. The summed E-state index contributed by atoms with van der Waals surface area (Å²) in [6.07, 6.45) is 9.11. The van der Waals surface area contributed by atoms with Crippen LogP contribution in [0.15, 0.2) is 115 Å². The fraction of sp³-hybridized carbons (Fsp3) is 0.415. The molecule has 0 heterocycles. The van der Waals surface area contributed by atoms with Gasteiger partial charge in [-0.3, -0.25) is 0 Å². The Bertz CT molecular complexity index is 1200. The van der Waals surface area contributed by atoms with Gasteiger partial charge in [0.2, 0.25) is 0 Å². The summed E-state index contributed by atoms with van der Waals surface area (Å²) < 4.78 is 29.8. The highest BCUT2D eigenvalue weighted by molar-refractivity contribution is 5.47. The van der Waals surface area contributed by atoms with Crippen LogP contribution in [-0.2, 0) is 31.0 Å². The summed E-state index contributed by atoms with van der Waals surface area (Å²) in [5.41, 5.74) is 3.89. The Labute approximate surface area is 276 Å². The molecule has 5 heteroatoms. The lowest BCUT2D eigenvalue weighted by atomic mass is 9.80. The molecule has 0 unspecified atom stereocenters. The van der Waals surface area contributed by atoms with E-state index in [1.807, 2.05) is 18.2 Å². The van der Waals surface area contributed by atoms with Crippen molar-refractivity contribution in [3.05, 3.63) is 138 Å². The van der Waals surface area contributed by atoms with E-state index in [4.69, 9.17) is 23.7 Å². The number of hydrogen-bond acceptors (Lipinski definition) is 5. The lowest BCUT2D eigenvalue weighted by Gasteiger charge is -2.36. The van der Waals surface area contributed by atoms with Crippen molar-refractivity contribution in [3.63, 3.8) is 0 Å². The molecule has 4 aromatic carbocycles. The second-order valence-corrected chi connectivity index (χ2v) is 11.5. The van der Waals surface area contributed by atoms with Gasteiger partial charge in [0.1, 0.15) is 18.0 Å². The molecule has 0 aliphatic heterocycles. The van der Waals surface area contributed by atoms with Gasteiger partial charge in [0.25, 0.3) is 0 Å². The molecule has 4 rings (SSSR count). The first kappa shape index (κ1) is 35.4. The maximum atomic E-state index is 6.74. The zero-order valence-electron chi connectivity index (χ0n) is 27.6. The molecule has 0 spiro atoms. The molecule has 0 amide bonds. The van der Waals surface area contributed by atoms with E-state index in [0.29, 0.717) is 52.9 Å². The second-order valence-electron chi connectivity index (χ2n) is 11.5. The van der Waals surface area contributed by atoms with E-state index in [1.165, 1.54) is 44.1 Å². The minimum Gasteiger partial charge on any atom is -0.491 e. The van der Waals surface area contributed by atoms with Crippen molar-refractivity contribution in [2.45, 2.75) is 57.5 Å². The van der Waals surface area contributed by atoms with E-state index < -0.39 is 5.60 Å². The summed E-state index contributed by atoms with van der Waals surface area (Å²) in [5, 5.41) is 0. The van der Waals surface area contributed by atoms with E-state index >= 15 is 0 Å². The van der Waals surface area contributed by atoms with Gasteiger partial charge in [0.05, 0.1) is 46.2 Å². The third kappa shape index (κ3) is 11.7. The molecule has 246 valence electrons. The highest BCUT2D eigenvalue weighted by Crippen LogP contribution is 2.40. The highest BCUT2D eigenvalue weighted by atomic mass is 16.6. The van der Waals surface area contributed by atoms with Gasteiger partial charge in [-0.1, -0.05) is 142 Å². The van der Waals surface area contributed by atoms with Gasteiger partial charge in [0.15, 0.2) is 0 Å². The van der Waals surface area contributed by atoms with Crippen LogP contribution in [0.4, 0.5) is 0 Å².